The Labute approximate surface area is 123 Å². The fourth-order valence-electron chi connectivity index (χ4n) is 2.29. The predicted molar refractivity (Wildman–Crippen MR) is 72.2 cm³/mol. The molecule has 126 valence electrons. The second kappa shape index (κ2) is 8.89. The van der Waals surface area contributed by atoms with E-state index in [0.29, 0.717) is 39.3 Å². The first-order valence-corrected chi connectivity index (χ1v) is 7.10. The van der Waals surface area contributed by atoms with Gasteiger partial charge in [0.25, 0.3) is 0 Å². The molecule has 0 aromatic rings. The van der Waals surface area contributed by atoms with Crippen LogP contribution in [-0.2, 0) is 9.47 Å². The van der Waals surface area contributed by atoms with Crippen molar-refractivity contribution in [1.29, 1.82) is 0 Å². The van der Waals surface area contributed by atoms with Crippen LogP contribution in [-0.4, -0.2) is 92.9 Å². The van der Waals surface area contributed by atoms with Crippen LogP contribution in [0.3, 0.4) is 0 Å². The van der Waals surface area contributed by atoms with Gasteiger partial charge in [0.15, 0.2) is 0 Å². The van der Waals surface area contributed by atoms with Crippen LogP contribution in [0.4, 0.5) is 13.2 Å². The molecule has 1 saturated heterocycles. The molecule has 5 nitrogen and oxygen atoms in total. The molecule has 21 heavy (non-hydrogen) atoms. The van der Waals surface area contributed by atoms with Gasteiger partial charge in [-0.05, 0) is 6.92 Å². The number of piperazine rings is 1. The molecular weight excluding hydrogens is 289 g/mol. The van der Waals surface area contributed by atoms with Crippen LogP contribution < -0.4 is 0 Å². The Kier molecular flexibility index (Phi) is 7.89. The number of aliphatic hydroxyl groups excluding tert-OH is 1. The maximum Gasteiger partial charge on any atom is 0.401 e. The number of aliphatic hydroxyl groups is 1. The molecule has 0 amide bonds. The Balaban J connectivity index is 2.17. The van der Waals surface area contributed by atoms with Crippen LogP contribution >= 0.6 is 0 Å². The lowest BCUT2D eigenvalue weighted by Crippen LogP contribution is -2.51. The average molecular weight is 314 g/mol. The summed E-state index contributed by atoms with van der Waals surface area (Å²) in [7, 11) is 1.58. The first kappa shape index (κ1) is 18.6. The topological polar surface area (TPSA) is 45.2 Å². The minimum absolute atomic E-state index is 0.0896. The van der Waals surface area contributed by atoms with Crippen molar-refractivity contribution in [3.8, 4) is 0 Å². The second-order valence-electron chi connectivity index (χ2n) is 5.45. The zero-order chi connectivity index (χ0) is 15.9. The van der Waals surface area contributed by atoms with Gasteiger partial charge in [-0.3, -0.25) is 9.80 Å². The molecule has 1 aliphatic rings. The number of ether oxygens (including phenoxy) is 2. The van der Waals surface area contributed by atoms with Gasteiger partial charge in [-0.15, -0.1) is 0 Å². The highest BCUT2D eigenvalue weighted by Gasteiger charge is 2.32. The van der Waals surface area contributed by atoms with E-state index in [4.69, 9.17) is 9.47 Å². The van der Waals surface area contributed by atoms with Crippen molar-refractivity contribution < 1.29 is 27.8 Å². The van der Waals surface area contributed by atoms with Crippen LogP contribution in [0, 0.1) is 0 Å². The molecule has 1 heterocycles. The maximum atomic E-state index is 12.3. The molecule has 1 aliphatic heterocycles. The quantitative estimate of drug-likeness (QED) is 0.710. The Bertz CT molecular complexity index is 284. The smallest absolute Gasteiger partial charge is 0.389 e. The molecule has 2 unspecified atom stereocenters. The average Bonchev–Trinajstić information content (AvgIpc) is 2.37. The van der Waals surface area contributed by atoms with Crippen molar-refractivity contribution >= 4 is 0 Å². The van der Waals surface area contributed by atoms with Crippen LogP contribution in [0.5, 0.6) is 0 Å². The largest absolute Gasteiger partial charge is 0.401 e. The fourth-order valence-corrected chi connectivity index (χ4v) is 2.29. The van der Waals surface area contributed by atoms with E-state index < -0.39 is 18.8 Å². The van der Waals surface area contributed by atoms with Crippen molar-refractivity contribution in [2.24, 2.45) is 0 Å². The second-order valence-corrected chi connectivity index (χ2v) is 5.45. The molecule has 0 aromatic heterocycles. The molecule has 1 rings (SSSR count). The van der Waals surface area contributed by atoms with Crippen LogP contribution in [0.15, 0.2) is 0 Å². The van der Waals surface area contributed by atoms with Crippen LogP contribution in [0.25, 0.3) is 0 Å². The summed E-state index contributed by atoms with van der Waals surface area (Å²) in [6.07, 6.45) is -4.88. The van der Waals surface area contributed by atoms with Gasteiger partial charge in [0.1, 0.15) is 0 Å². The van der Waals surface area contributed by atoms with Gasteiger partial charge in [0, 0.05) is 39.8 Å². The summed E-state index contributed by atoms with van der Waals surface area (Å²) in [4.78, 5) is 3.35. The van der Waals surface area contributed by atoms with Gasteiger partial charge < -0.3 is 14.6 Å². The Morgan fingerprint density at radius 2 is 1.67 bits per heavy atom. The number of hydrogen-bond donors (Lipinski definition) is 1. The standard InChI is InChI=1S/C13H25F3N2O3/c1-11(8-20-2)21-9-12(19)7-17-3-5-18(6-4-17)10-13(14,15)16/h11-12,19H,3-10H2,1-2H3. The molecule has 0 aromatic carbocycles. The van der Waals surface area contributed by atoms with Gasteiger partial charge in [-0.2, -0.15) is 13.2 Å². The molecule has 0 bridgehead atoms. The lowest BCUT2D eigenvalue weighted by atomic mass is 10.2. The summed E-state index contributed by atoms with van der Waals surface area (Å²) in [5.74, 6) is 0. The van der Waals surface area contributed by atoms with Gasteiger partial charge in [0.05, 0.1) is 32.0 Å². The molecule has 0 spiro atoms. The number of hydrogen-bond acceptors (Lipinski definition) is 5. The van der Waals surface area contributed by atoms with Crippen molar-refractivity contribution in [3.05, 3.63) is 0 Å². The number of β-amino-alcohol motifs (C(OH)–C–C–N with tert-alkyl or cyclic N) is 1. The predicted octanol–water partition coefficient (Wildman–Crippen LogP) is 0.579. The third-order valence-corrected chi connectivity index (χ3v) is 3.31. The molecule has 0 saturated carbocycles. The Hall–Kier alpha value is -0.410. The first-order chi connectivity index (χ1) is 9.80. The monoisotopic (exact) mass is 314 g/mol. The minimum atomic E-state index is -4.15. The third kappa shape index (κ3) is 8.57. The highest BCUT2D eigenvalue weighted by molar-refractivity contribution is 4.75. The summed E-state index contributed by atoms with van der Waals surface area (Å²) < 4.78 is 47.1. The molecule has 2 atom stereocenters. The molecular formula is C13H25F3N2O3. The Morgan fingerprint density at radius 1 is 1.10 bits per heavy atom. The molecule has 1 fully saturated rings. The highest BCUT2D eigenvalue weighted by Crippen LogP contribution is 2.17. The number of methoxy groups -OCH3 is 1. The first-order valence-electron chi connectivity index (χ1n) is 7.10. The van der Waals surface area contributed by atoms with Crippen LogP contribution in [0.1, 0.15) is 6.92 Å². The van der Waals surface area contributed by atoms with Gasteiger partial charge in [0.2, 0.25) is 0 Å². The lowest BCUT2D eigenvalue weighted by Gasteiger charge is -2.35. The number of rotatable bonds is 8. The molecule has 0 aliphatic carbocycles. The zero-order valence-electron chi connectivity index (χ0n) is 12.6. The van der Waals surface area contributed by atoms with Gasteiger partial charge in [-0.1, -0.05) is 0 Å². The van der Waals surface area contributed by atoms with Crippen molar-refractivity contribution in [1.82, 2.24) is 9.80 Å². The normalized spacial score (nSPS) is 21.4. The highest BCUT2D eigenvalue weighted by atomic mass is 19.4. The van der Waals surface area contributed by atoms with Gasteiger partial charge >= 0.3 is 6.18 Å². The van der Waals surface area contributed by atoms with E-state index in [1.807, 2.05) is 11.8 Å². The SMILES string of the molecule is COCC(C)OCC(O)CN1CCN(CC(F)(F)F)CC1. The van der Waals surface area contributed by atoms with Crippen molar-refractivity contribution in [2.45, 2.75) is 25.3 Å². The Morgan fingerprint density at radius 3 is 2.19 bits per heavy atom. The summed E-state index contributed by atoms with van der Waals surface area (Å²) in [5.41, 5.74) is 0. The summed E-state index contributed by atoms with van der Waals surface area (Å²) in [5, 5.41) is 9.87. The summed E-state index contributed by atoms with van der Waals surface area (Å²) in [6, 6.07) is 0. The molecule has 8 heteroatoms. The minimum Gasteiger partial charge on any atom is -0.389 e. The summed E-state index contributed by atoms with van der Waals surface area (Å²) in [6.45, 7) is 3.87. The maximum absolute atomic E-state index is 12.3. The zero-order valence-corrected chi connectivity index (χ0v) is 12.6. The fraction of sp³-hybridized carbons (Fsp3) is 1.00. The van der Waals surface area contributed by atoms with E-state index in [-0.39, 0.29) is 12.7 Å². The van der Waals surface area contributed by atoms with Crippen molar-refractivity contribution in [3.63, 3.8) is 0 Å². The van der Waals surface area contributed by atoms with E-state index >= 15 is 0 Å². The third-order valence-electron chi connectivity index (χ3n) is 3.31. The van der Waals surface area contributed by atoms with E-state index in [1.54, 1.807) is 7.11 Å². The number of alkyl halides is 3. The summed E-state index contributed by atoms with van der Waals surface area (Å²) >= 11 is 0. The molecule has 1 N–H and O–H groups in total. The van der Waals surface area contributed by atoms with Gasteiger partial charge in [-0.25, -0.2) is 0 Å². The molecule has 0 radical (unpaired) electrons. The van der Waals surface area contributed by atoms with E-state index in [2.05, 4.69) is 0 Å². The van der Waals surface area contributed by atoms with E-state index in [0.717, 1.165) is 0 Å². The number of halogens is 3. The van der Waals surface area contributed by atoms with E-state index in [9.17, 15) is 18.3 Å². The van der Waals surface area contributed by atoms with Crippen LogP contribution in [0.2, 0.25) is 0 Å². The van der Waals surface area contributed by atoms with Crippen molar-refractivity contribution in [2.75, 3.05) is 59.6 Å². The number of nitrogens with zero attached hydrogens (tertiary/aromatic N) is 2. The van der Waals surface area contributed by atoms with E-state index in [1.165, 1.54) is 4.90 Å². The lowest BCUT2D eigenvalue weighted by molar-refractivity contribution is -0.149.